The van der Waals surface area contributed by atoms with Gasteiger partial charge in [-0.25, -0.2) is 0 Å². The van der Waals surface area contributed by atoms with E-state index in [1.54, 1.807) is 0 Å². The molecule has 0 spiro atoms. The van der Waals surface area contributed by atoms with Crippen LogP contribution in [0.3, 0.4) is 0 Å². The SMILES string of the molecule is CCC1CC1(CCCCCCN)C(C)(C)C(C)C. The van der Waals surface area contributed by atoms with Crippen molar-refractivity contribution in [1.82, 2.24) is 0 Å². The van der Waals surface area contributed by atoms with Gasteiger partial charge in [0.05, 0.1) is 0 Å². The molecule has 1 nitrogen and oxygen atoms in total. The van der Waals surface area contributed by atoms with Gasteiger partial charge in [-0.1, -0.05) is 60.3 Å². The van der Waals surface area contributed by atoms with Gasteiger partial charge in [0.25, 0.3) is 0 Å². The monoisotopic (exact) mass is 253 g/mol. The van der Waals surface area contributed by atoms with Gasteiger partial charge in [-0.2, -0.15) is 0 Å². The third kappa shape index (κ3) is 3.10. The van der Waals surface area contributed by atoms with Crippen LogP contribution < -0.4 is 5.73 Å². The van der Waals surface area contributed by atoms with Crippen molar-refractivity contribution in [2.45, 2.75) is 79.6 Å². The molecule has 1 saturated carbocycles. The molecule has 0 bridgehead atoms. The van der Waals surface area contributed by atoms with E-state index in [0.717, 1.165) is 18.4 Å². The maximum absolute atomic E-state index is 5.56. The molecule has 0 aromatic heterocycles. The first kappa shape index (κ1) is 16.0. The molecular weight excluding hydrogens is 218 g/mol. The number of hydrogen-bond acceptors (Lipinski definition) is 1. The van der Waals surface area contributed by atoms with E-state index in [0.29, 0.717) is 10.8 Å². The maximum atomic E-state index is 5.56. The lowest BCUT2D eigenvalue weighted by Crippen LogP contribution is -2.33. The quantitative estimate of drug-likeness (QED) is 0.575. The van der Waals surface area contributed by atoms with Crippen LogP contribution in [0.15, 0.2) is 0 Å². The van der Waals surface area contributed by atoms with Crippen LogP contribution in [0.25, 0.3) is 0 Å². The van der Waals surface area contributed by atoms with Gasteiger partial charge in [-0.15, -0.1) is 0 Å². The van der Waals surface area contributed by atoms with Gasteiger partial charge in [-0.05, 0) is 48.5 Å². The maximum Gasteiger partial charge on any atom is -0.00773 e. The van der Waals surface area contributed by atoms with Gasteiger partial charge in [0.1, 0.15) is 0 Å². The highest BCUT2D eigenvalue weighted by atomic mass is 14.7. The fraction of sp³-hybridized carbons (Fsp3) is 1.00. The third-order valence-electron chi connectivity index (χ3n) is 6.03. The molecule has 1 fully saturated rings. The molecule has 0 amide bonds. The Morgan fingerprint density at radius 2 is 1.78 bits per heavy atom. The summed E-state index contributed by atoms with van der Waals surface area (Å²) in [5.41, 5.74) is 6.71. The van der Waals surface area contributed by atoms with E-state index in [4.69, 9.17) is 5.73 Å². The van der Waals surface area contributed by atoms with Crippen LogP contribution >= 0.6 is 0 Å². The zero-order chi connectivity index (χ0) is 13.8. The Morgan fingerprint density at radius 3 is 2.22 bits per heavy atom. The van der Waals surface area contributed by atoms with Gasteiger partial charge >= 0.3 is 0 Å². The third-order valence-corrected chi connectivity index (χ3v) is 6.03. The van der Waals surface area contributed by atoms with Crippen LogP contribution in [-0.2, 0) is 0 Å². The van der Waals surface area contributed by atoms with Crippen molar-refractivity contribution in [3.63, 3.8) is 0 Å². The van der Waals surface area contributed by atoms with E-state index in [-0.39, 0.29) is 0 Å². The lowest BCUT2D eigenvalue weighted by molar-refractivity contribution is 0.0881. The Labute approximate surface area is 115 Å². The first-order valence-electron chi connectivity index (χ1n) is 8.12. The summed E-state index contributed by atoms with van der Waals surface area (Å²) in [6.07, 6.45) is 9.62. The first-order valence-corrected chi connectivity index (χ1v) is 8.12. The summed E-state index contributed by atoms with van der Waals surface area (Å²) in [4.78, 5) is 0. The van der Waals surface area contributed by atoms with Crippen molar-refractivity contribution in [1.29, 1.82) is 0 Å². The number of hydrogen-bond donors (Lipinski definition) is 1. The molecule has 2 atom stereocenters. The van der Waals surface area contributed by atoms with Gasteiger partial charge in [0.15, 0.2) is 0 Å². The Morgan fingerprint density at radius 1 is 1.17 bits per heavy atom. The Hall–Kier alpha value is -0.0400. The molecular formula is C17H35N. The highest BCUT2D eigenvalue weighted by Crippen LogP contribution is 2.69. The second-order valence-corrected chi connectivity index (χ2v) is 7.29. The van der Waals surface area contributed by atoms with Crippen LogP contribution in [0.1, 0.15) is 79.6 Å². The smallest absolute Gasteiger partial charge is 0.00773 e. The molecule has 1 aliphatic carbocycles. The average molecular weight is 253 g/mol. The summed E-state index contributed by atoms with van der Waals surface area (Å²) in [6, 6.07) is 0. The standard InChI is InChI=1S/C17H35N/c1-6-15-13-17(15,16(4,5)14(2)3)11-9-7-8-10-12-18/h14-15H,6-13,18H2,1-5H3. The van der Waals surface area contributed by atoms with E-state index in [2.05, 4.69) is 34.6 Å². The van der Waals surface area contributed by atoms with E-state index in [1.807, 2.05) is 0 Å². The molecule has 0 aromatic rings. The van der Waals surface area contributed by atoms with Crippen molar-refractivity contribution in [2.75, 3.05) is 6.54 Å². The molecule has 0 saturated heterocycles. The van der Waals surface area contributed by atoms with Gasteiger partial charge < -0.3 is 5.73 Å². The minimum atomic E-state index is 0.502. The number of unbranched alkanes of at least 4 members (excludes halogenated alkanes) is 3. The highest BCUT2D eigenvalue weighted by molar-refractivity contribution is 5.10. The molecule has 0 aromatic carbocycles. The largest absolute Gasteiger partial charge is 0.330 e. The fourth-order valence-electron chi connectivity index (χ4n) is 3.85. The first-order chi connectivity index (χ1) is 8.42. The predicted octanol–water partition coefficient (Wildman–Crippen LogP) is 4.99. The van der Waals surface area contributed by atoms with Crippen molar-refractivity contribution in [2.24, 2.45) is 28.4 Å². The summed E-state index contributed by atoms with van der Waals surface area (Å²) >= 11 is 0. The molecule has 18 heavy (non-hydrogen) atoms. The van der Waals surface area contributed by atoms with Gasteiger partial charge in [0.2, 0.25) is 0 Å². The normalized spacial score (nSPS) is 27.8. The molecule has 2 N–H and O–H groups in total. The second kappa shape index (κ2) is 6.41. The lowest BCUT2D eigenvalue weighted by atomic mass is 9.65. The Bertz CT molecular complexity index is 244. The Kier molecular flexibility index (Phi) is 5.70. The number of rotatable bonds is 9. The fourth-order valence-corrected chi connectivity index (χ4v) is 3.85. The van der Waals surface area contributed by atoms with Crippen molar-refractivity contribution >= 4 is 0 Å². The molecule has 1 aliphatic rings. The lowest BCUT2D eigenvalue weighted by Gasteiger charge is -2.40. The minimum absolute atomic E-state index is 0.502. The molecule has 2 unspecified atom stereocenters. The summed E-state index contributed by atoms with van der Waals surface area (Å²) in [5, 5.41) is 0. The van der Waals surface area contributed by atoms with Crippen LogP contribution in [0, 0.1) is 22.7 Å². The van der Waals surface area contributed by atoms with Crippen molar-refractivity contribution in [3.8, 4) is 0 Å². The molecule has 1 heteroatoms. The van der Waals surface area contributed by atoms with Crippen molar-refractivity contribution in [3.05, 3.63) is 0 Å². The van der Waals surface area contributed by atoms with Gasteiger partial charge in [-0.3, -0.25) is 0 Å². The van der Waals surface area contributed by atoms with E-state index < -0.39 is 0 Å². The summed E-state index contributed by atoms with van der Waals surface area (Å²) in [5.74, 6) is 1.78. The molecule has 0 radical (unpaired) electrons. The van der Waals surface area contributed by atoms with E-state index in [1.165, 1.54) is 44.9 Å². The molecule has 108 valence electrons. The zero-order valence-electron chi connectivity index (χ0n) is 13.4. The average Bonchev–Trinajstić information content (AvgIpc) is 3.04. The summed E-state index contributed by atoms with van der Waals surface area (Å²) in [6.45, 7) is 13.1. The molecule has 1 rings (SSSR count). The van der Waals surface area contributed by atoms with Crippen LogP contribution in [0.4, 0.5) is 0 Å². The van der Waals surface area contributed by atoms with E-state index in [9.17, 15) is 0 Å². The van der Waals surface area contributed by atoms with Crippen LogP contribution in [0.5, 0.6) is 0 Å². The van der Waals surface area contributed by atoms with E-state index >= 15 is 0 Å². The highest BCUT2D eigenvalue weighted by Gasteiger charge is 2.61. The summed E-state index contributed by atoms with van der Waals surface area (Å²) < 4.78 is 0. The second-order valence-electron chi connectivity index (χ2n) is 7.29. The van der Waals surface area contributed by atoms with Gasteiger partial charge in [0, 0.05) is 0 Å². The minimum Gasteiger partial charge on any atom is -0.330 e. The summed E-state index contributed by atoms with van der Waals surface area (Å²) in [7, 11) is 0. The van der Waals surface area contributed by atoms with Crippen molar-refractivity contribution < 1.29 is 0 Å². The zero-order valence-corrected chi connectivity index (χ0v) is 13.4. The topological polar surface area (TPSA) is 26.0 Å². The van der Waals surface area contributed by atoms with Crippen LogP contribution in [0.2, 0.25) is 0 Å². The molecule has 0 heterocycles. The Balaban J connectivity index is 2.50. The van der Waals surface area contributed by atoms with Crippen LogP contribution in [-0.4, -0.2) is 6.54 Å². The number of nitrogens with two attached hydrogens (primary N) is 1. The molecule has 0 aliphatic heterocycles. The predicted molar refractivity (Wildman–Crippen MR) is 81.6 cm³/mol.